The maximum absolute atomic E-state index is 9.10. The highest BCUT2D eigenvalue weighted by Gasteiger charge is 2.21. The number of aryl methyl sites for hydroxylation is 2. The number of alkyl halides is 2. The van der Waals surface area contributed by atoms with E-state index in [0.29, 0.717) is 24.3 Å². The number of para-hydroxylation sites is 2. The Morgan fingerprint density at radius 2 is 0.768 bits per heavy atom. The highest BCUT2D eigenvalue weighted by atomic mass is 79.9. The Hall–Kier alpha value is -10.6. The molecule has 2 aromatic heterocycles. The summed E-state index contributed by atoms with van der Waals surface area (Å²) in [5.74, 6) is 0. The van der Waals surface area contributed by atoms with Crippen LogP contribution in [0.15, 0.2) is 243 Å². The van der Waals surface area contributed by atoms with Crippen molar-refractivity contribution in [3.05, 3.63) is 321 Å². The first kappa shape index (κ1) is 69.8. The summed E-state index contributed by atoms with van der Waals surface area (Å²) in [6.45, 7) is 8.44. The summed E-state index contributed by atoms with van der Waals surface area (Å²) in [4.78, 5) is 14.1. The number of nitriles is 3. The minimum Gasteiger partial charge on any atom is -0.392 e. The summed E-state index contributed by atoms with van der Waals surface area (Å²) in [5.41, 5.74) is 17.6. The molecule has 17 rings (SSSR count). The lowest BCUT2D eigenvalue weighted by molar-refractivity contribution is 0.256. The van der Waals surface area contributed by atoms with Gasteiger partial charge < -0.3 is 35.1 Å². The Kier molecular flexibility index (Phi) is 23.7. The number of aliphatic hydroxyl groups excluding tert-OH is 4. The first-order chi connectivity index (χ1) is 48.5. The molecule has 14 heteroatoms. The Balaban J connectivity index is 0.000000126. The minimum atomic E-state index is -0.138. The second-order valence-corrected chi connectivity index (χ2v) is 25.5. The third-order valence-corrected chi connectivity index (χ3v) is 19.3. The summed E-state index contributed by atoms with van der Waals surface area (Å²) in [6.07, 6.45) is 6.57. The van der Waals surface area contributed by atoms with Crippen LogP contribution >= 0.6 is 31.9 Å². The van der Waals surface area contributed by atoms with Crippen LogP contribution in [-0.2, 0) is 76.4 Å². The average Bonchev–Trinajstić information content (AvgIpc) is 1.65. The fraction of sp³-hybridized carbons (Fsp3) is 0.165. The first-order valence-corrected chi connectivity index (χ1v) is 34.9. The van der Waals surface area contributed by atoms with Gasteiger partial charge in [-0.05, 0) is 177 Å². The van der Waals surface area contributed by atoms with Gasteiger partial charge in [-0.2, -0.15) is 15.8 Å². The van der Waals surface area contributed by atoms with E-state index in [0.717, 1.165) is 86.2 Å². The first-order valence-electron chi connectivity index (χ1n) is 32.7. The van der Waals surface area contributed by atoms with Gasteiger partial charge in [-0.25, -0.2) is 0 Å². The van der Waals surface area contributed by atoms with Crippen LogP contribution in [0.3, 0.4) is 0 Å². The molecule has 5 heterocycles. The molecular formula is C85H76Br2N8O4. The van der Waals surface area contributed by atoms with Gasteiger partial charge in [-0.15, -0.1) is 0 Å². The lowest BCUT2D eigenvalue weighted by Crippen LogP contribution is -2.07. The molecule has 99 heavy (non-hydrogen) atoms. The van der Waals surface area contributed by atoms with Gasteiger partial charge in [0.1, 0.15) is 0 Å². The molecule has 0 saturated carbocycles. The predicted molar refractivity (Wildman–Crippen MR) is 408 cm³/mol. The second-order valence-electron chi connectivity index (χ2n) is 24.4. The Bertz CT molecular complexity index is 4950. The van der Waals surface area contributed by atoms with E-state index in [1.165, 1.54) is 93.2 Å². The normalized spacial score (nSPS) is 12.2. The molecule has 0 radical (unpaired) electrons. The van der Waals surface area contributed by atoms with Crippen molar-refractivity contribution in [2.75, 3.05) is 0 Å². The highest BCUT2D eigenvalue weighted by Crippen LogP contribution is 2.32. The van der Waals surface area contributed by atoms with E-state index in [9.17, 15) is 0 Å². The van der Waals surface area contributed by atoms with Crippen LogP contribution in [0, 0.1) is 48.2 Å². The smallest absolute Gasteiger partial charge is 0.180 e. The average molecular weight is 1430 g/mol. The number of rotatable bonds is 6. The predicted octanol–water partition coefficient (Wildman–Crippen LogP) is 18.7. The number of halogens is 2. The summed E-state index contributed by atoms with van der Waals surface area (Å²) in [6, 6.07) is 82.5. The van der Waals surface area contributed by atoms with Gasteiger partial charge in [-0.3, -0.25) is 9.97 Å². The highest BCUT2D eigenvalue weighted by molar-refractivity contribution is 9.09. The molecule has 0 atom stereocenters. The zero-order valence-electron chi connectivity index (χ0n) is 55.2. The molecule has 0 spiro atoms. The molecule has 3 aliphatic heterocycles. The van der Waals surface area contributed by atoms with Crippen molar-refractivity contribution in [3.8, 4) is 18.6 Å². The van der Waals surface area contributed by atoms with E-state index in [1.807, 2.05) is 103 Å². The zero-order chi connectivity index (χ0) is 69.2. The van der Waals surface area contributed by atoms with Gasteiger partial charge in [0.2, 0.25) is 0 Å². The molecule has 0 amide bonds. The molecule has 14 aromatic rings. The maximum Gasteiger partial charge on any atom is 0.180 e. The molecule has 0 bridgehead atoms. The van der Waals surface area contributed by atoms with Crippen LogP contribution < -0.4 is 0 Å². The van der Waals surface area contributed by atoms with Gasteiger partial charge in [0, 0.05) is 28.4 Å². The van der Waals surface area contributed by atoms with Crippen LogP contribution in [0.4, 0.5) is 0 Å². The summed E-state index contributed by atoms with van der Waals surface area (Å²) in [7, 11) is 0. The minimum absolute atomic E-state index is 0. The number of aromatic nitrogens is 2. The van der Waals surface area contributed by atoms with Crippen molar-refractivity contribution in [3.63, 3.8) is 0 Å². The number of benzene rings is 12. The fourth-order valence-electron chi connectivity index (χ4n) is 12.7. The molecule has 4 N–H and O–H groups in total. The lowest BCUT2D eigenvalue weighted by atomic mass is 10.0. The van der Waals surface area contributed by atoms with Crippen molar-refractivity contribution >= 4 is 108 Å². The number of hydrogen-bond donors (Lipinski definition) is 4. The summed E-state index contributed by atoms with van der Waals surface area (Å²) in [5, 5.41) is 79.4. The number of fused-ring (bicyclic) bond motifs is 11. The quantitative estimate of drug-likeness (QED) is 0.0913. The third kappa shape index (κ3) is 16.7. The number of nitrogens with zero attached hydrogens (tertiary/aromatic N) is 8. The van der Waals surface area contributed by atoms with Gasteiger partial charge in [-0.1, -0.05) is 226 Å². The van der Waals surface area contributed by atoms with E-state index in [-0.39, 0.29) is 27.9 Å². The maximum atomic E-state index is 9.10. The number of pyridine rings is 2. The summed E-state index contributed by atoms with van der Waals surface area (Å²) >= 11 is 7.06. The number of aliphatic hydroxyl groups is 4. The van der Waals surface area contributed by atoms with Gasteiger partial charge in [0.05, 0.1) is 88.1 Å². The molecule has 12 aromatic carbocycles. The van der Waals surface area contributed by atoms with Crippen molar-refractivity contribution in [2.24, 2.45) is 0 Å². The van der Waals surface area contributed by atoms with Crippen molar-refractivity contribution in [1.29, 1.82) is 15.8 Å². The van der Waals surface area contributed by atoms with Crippen molar-refractivity contribution < 1.29 is 21.9 Å². The van der Waals surface area contributed by atoms with Crippen molar-refractivity contribution in [1.82, 2.24) is 24.7 Å². The zero-order valence-corrected chi connectivity index (χ0v) is 58.4. The van der Waals surface area contributed by atoms with Crippen LogP contribution in [0.5, 0.6) is 0 Å². The van der Waals surface area contributed by atoms with Gasteiger partial charge in [0.25, 0.3) is 0 Å². The van der Waals surface area contributed by atoms with Crippen LogP contribution in [0.2, 0.25) is 0 Å². The van der Waals surface area contributed by atoms with Gasteiger partial charge >= 0.3 is 0 Å². The molecule has 494 valence electrons. The molecule has 12 nitrogen and oxygen atoms in total. The Labute approximate surface area is 595 Å². The topological polar surface area (TPSA) is 188 Å². The SMILES string of the molecule is BrCc1ccc2ccccc2c1CBr.Cc1ccc2ccccc2c1C.N#CN1Cc2cc3ccccc3cc2C1.N#CN1Cc2cc3ccccc3nc2C1.N#CN1Cc2ccc3ccccc3c2C1.OCc1cc2ccccc2cc1CO.OCc1cc2ccccc2nc1CO.[2HH]. The molecule has 0 fully saturated rings. The Morgan fingerprint density at radius 3 is 1.31 bits per heavy atom. The molecule has 0 aliphatic carbocycles. The molecule has 0 saturated heterocycles. The largest absolute Gasteiger partial charge is 0.392 e. The summed E-state index contributed by atoms with van der Waals surface area (Å²) < 4.78 is 0. The molecule has 0 unspecified atom stereocenters. The fourth-order valence-corrected chi connectivity index (χ4v) is 13.9. The molecular weight excluding hydrogens is 1360 g/mol. The van der Waals surface area contributed by atoms with Crippen molar-refractivity contribution in [2.45, 2.75) is 90.2 Å². The van der Waals surface area contributed by atoms with E-state index in [1.54, 1.807) is 14.7 Å². The van der Waals surface area contributed by atoms with Crippen LogP contribution in [-0.4, -0.2) is 45.1 Å². The number of hydrogen-bond acceptors (Lipinski definition) is 12. The van der Waals surface area contributed by atoms with E-state index >= 15 is 0 Å². The lowest BCUT2D eigenvalue weighted by Gasteiger charge is -2.08. The van der Waals surface area contributed by atoms with Gasteiger partial charge in [0.15, 0.2) is 18.6 Å². The standard InChI is InChI=1S/2C13H10N2.C12H10Br2.C12H9N3.C12H12O2.C12H12.C11H11NO2.H2/c14-9-15-7-12-5-10-3-1-2-4-11(10)6-13(12)8-15;14-9-15-7-11-6-5-10-3-1-2-4-12(10)13(11)8-15;13-7-10-6-5-9-3-1-2-4-11(9)12(10)8-14;13-8-15-6-10-5-9-3-1-2-4-11(9)14-12(10)7-15;13-7-11-5-9-3-1-2-4-10(9)6-12(11)8-14;1-9-7-8-11-5-3-4-6-12(11)10(9)2;13-6-9-5-8-3-1-2-4-10(8)12-11(9)7-14;/h2*1-6H,7-8H2;1-6H,7-8H2;1-5H,6-7H2;1-6,13-14H,7-8H2;3-8H,1-2H3;1-5,13-14H,6-7H2;1H/i;;;;;;;1+1. The van der Waals surface area contributed by atoms with E-state index in [4.69, 9.17) is 36.2 Å². The Morgan fingerprint density at radius 1 is 0.364 bits per heavy atom. The van der Waals surface area contributed by atoms with Crippen LogP contribution in [0.1, 0.15) is 79.6 Å². The van der Waals surface area contributed by atoms with E-state index in [2.05, 4.69) is 214 Å². The molecule has 3 aliphatic rings. The second kappa shape index (κ2) is 33.6. The monoisotopic (exact) mass is 1430 g/mol. The third-order valence-electron chi connectivity index (χ3n) is 18.2. The van der Waals surface area contributed by atoms with E-state index < -0.39 is 0 Å². The van der Waals surface area contributed by atoms with Crippen LogP contribution in [0.25, 0.3) is 75.7 Å².